The molecule has 1 aromatic heterocycles. The molecule has 0 aliphatic heterocycles. The van der Waals surface area contributed by atoms with E-state index in [1.807, 2.05) is 50.5 Å². The van der Waals surface area contributed by atoms with Crippen LogP contribution in [0.3, 0.4) is 0 Å². The number of hydrogen-bond donors (Lipinski definition) is 1. The van der Waals surface area contributed by atoms with Gasteiger partial charge in [-0.05, 0) is 25.5 Å². The predicted octanol–water partition coefficient (Wildman–Crippen LogP) is 2.55. The van der Waals surface area contributed by atoms with E-state index in [1.54, 1.807) is 0 Å². The molecule has 0 fully saturated rings. The van der Waals surface area contributed by atoms with Crippen molar-refractivity contribution in [3.05, 3.63) is 48.0 Å². The molecule has 2 aromatic rings. The number of benzene rings is 1. The van der Waals surface area contributed by atoms with Gasteiger partial charge in [-0.1, -0.05) is 25.1 Å². The molecule has 0 saturated heterocycles. The van der Waals surface area contributed by atoms with Crippen molar-refractivity contribution in [3.8, 4) is 5.75 Å². The SMILES string of the molecule is CCc1nccn1CC(C)(N)COc1ccccc1C. The summed E-state index contributed by atoms with van der Waals surface area (Å²) in [5, 5.41) is 0. The topological polar surface area (TPSA) is 53.1 Å². The van der Waals surface area contributed by atoms with Crippen LogP contribution in [-0.2, 0) is 13.0 Å². The molecule has 0 saturated carbocycles. The predicted molar refractivity (Wildman–Crippen MR) is 80.9 cm³/mol. The lowest BCUT2D eigenvalue weighted by Crippen LogP contribution is -2.46. The van der Waals surface area contributed by atoms with Crippen LogP contribution in [0.25, 0.3) is 0 Å². The minimum atomic E-state index is -0.438. The Morgan fingerprint density at radius 2 is 2.10 bits per heavy atom. The minimum absolute atomic E-state index is 0.438. The third-order valence-electron chi connectivity index (χ3n) is 3.30. The average Bonchev–Trinajstić information content (AvgIpc) is 2.84. The summed E-state index contributed by atoms with van der Waals surface area (Å²) in [5.74, 6) is 1.95. The quantitative estimate of drug-likeness (QED) is 0.880. The summed E-state index contributed by atoms with van der Waals surface area (Å²) in [5.41, 5.74) is 7.04. The second-order valence-electron chi connectivity index (χ2n) is 5.53. The van der Waals surface area contributed by atoms with E-state index < -0.39 is 5.54 Å². The Morgan fingerprint density at radius 3 is 2.80 bits per heavy atom. The van der Waals surface area contributed by atoms with Crippen molar-refractivity contribution in [1.82, 2.24) is 9.55 Å². The van der Waals surface area contributed by atoms with E-state index >= 15 is 0 Å². The molecule has 108 valence electrons. The van der Waals surface area contributed by atoms with Crippen molar-refractivity contribution in [2.45, 2.75) is 39.3 Å². The number of aromatic nitrogens is 2. The van der Waals surface area contributed by atoms with Crippen LogP contribution in [0.15, 0.2) is 36.7 Å². The molecule has 20 heavy (non-hydrogen) atoms. The zero-order valence-corrected chi connectivity index (χ0v) is 12.5. The van der Waals surface area contributed by atoms with Crippen LogP contribution in [0.5, 0.6) is 5.75 Å². The smallest absolute Gasteiger partial charge is 0.122 e. The maximum Gasteiger partial charge on any atom is 0.122 e. The highest BCUT2D eigenvalue weighted by Gasteiger charge is 2.21. The standard InChI is InChI=1S/C16H23N3O/c1-4-15-18-9-10-19(15)11-16(3,17)12-20-14-8-6-5-7-13(14)2/h5-10H,4,11-12,17H2,1-3H3. The third-order valence-corrected chi connectivity index (χ3v) is 3.30. The summed E-state index contributed by atoms with van der Waals surface area (Å²) in [6.45, 7) is 7.30. The maximum atomic E-state index is 6.36. The Kier molecular flexibility index (Phi) is 4.45. The van der Waals surface area contributed by atoms with Crippen molar-refractivity contribution in [1.29, 1.82) is 0 Å². The highest BCUT2D eigenvalue weighted by molar-refractivity contribution is 5.31. The van der Waals surface area contributed by atoms with Gasteiger partial charge in [-0.25, -0.2) is 4.98 Å². The highest BCUT2D eigenvalue weighted by Crippen LogP contribution is 2.18. The van der Waals surface area contributed by atoms with Gasteiger partial charge in [-0.2, -0.15) is 0 Å². The van der Waals surface area contributed by atoms with Gasteiger partial charge >= 0.3 is 0 Å². The lowest BCUT2D eigenvalue weighted by Gasteiger charge is -2.26. The van der Waals surface area contributed by atoms with Gasteiger partial charge in [0.05, 0.1) is 5.54 Å². The summed E-state index contributed by atoms with van der Waals surface area (Å²) in [6, 6.07) is 7.98. The van der Waals surface area contributed by atoms with Gasteiger partial charge in [0.1, 0.15) is 18.2 Å². The Balaban J connectivity index is 1.99. The maximum absolute atomic E-state index is 6.36. The van der Waals surface area contributed by atoms with E-state index in [9.17, 15) is 0 Å². The summed E-state index contributed by atoms with van der Waals surface area (Å²) >= 11 is 0. The lowest BCUT2D eigenvalue weighted by molar-refractivity contribution is 0.210. The van der Waals surface area contributed by atoms with Crippen LogP contribution in [0.1, 0.15) is 25.2 Å². The number of imidazole rings is 1. The van der Waals surface area contributed by atoms with E-state index in [0.717, 1.165) is 23.6 Å². The minimum Gasteiger partial charge on any atom is -0.491 e. The fourth-order valence-electron chi connectivity index (χ4n) is 2.19. The molecule has 0 aliphatic rings. The Morgan fingerprint density at radius 1 is 1.35 bits per heavy atom. The largest absolute Gasteiger partial charge is 0.491 e. The Bertz CT molecular complexity index is 560. The number of ether oxygens (including phenoxy) is 1. The van der Waals surface area contributed by atoms with Crippen molar-refractivity contribution in [3.63, 3.8) is 0 Å². The molecule has 0 spiro atoms. The number of aryl methyl sites for hydroxylation is 2. The van der Waals surface area contributed by atoms with Gasteiger partial charge in [0.25, 0.3) is 0 Å². The molecule has 1 heterocycles. The number of para-hydroxylation sites is 1. The Hall–Kier alpha value is -1.81. The monoisotopic (exact) mass is 273 g/mol. The number of hydrogen-bond acceptors (Lipinski definition) is 3. The van der Waals surface area contributed by atoms with Gasteiger partial charge in [-0.3, -0.25) is 0 Å². The lowest BCUT2D eigenvalue weighted by atomic mass is 10.1. The molecule has 1 atom stereocenters. The molecule has 2 N–H and O–H groups in total. The van der Waals surface area contributed by atoms with Crippen LogP contribution < -0.4 is 10.5 Å². The molecule has 2 rings (SSSR count). The first-order valence-corrected chi connectivity index (χ1v) is 6.99. The molecule has 4 heteroatoms. The van der Waals surface area contributed by atoms with Crippen molar-refractivity contribution >= 4 is 0 Å². The average molecular weight is 273 g/mol. The molecular weight excluding hydrogens is 250 g/mol. The van der Waals surface area contributed by atoms with Crippen LogP contribution >= 0.6 is 0 Å². The molecule has 1 unspecified atom stereocenters. The highest BCUT2D eigenvalue weighted by atomic mass is 16.5. The third kappa shape index (κ3) is 3.61. The van der Waals surface area contributed by atoms with Gasteiger partial charge in [0, 0.05) is 25.4 Å². The van der Waals surface area contributed by atoms with E-state index in [-0.39, 0.29) is 0 Å². The van der Waals surface area contributed by atoms with E-state index in [1.165, 1.54) is 0 Å². The van der Waals surface area contributed by atoms with Crippen molar-refractivity contribution in [2.75, 3.05) is 6.61 Å². The fraction of sp³-hybridized carbons (Fsp3) is 0.438. The zero-order valence-electron chi connectivity index (χ0n) is 12.5. The molecular formula is C16H23N3O. The second kappa shape index (κ2) is 6.09. The first-order chi connectivity index (χ1) is 9.52. The fourth-order valence-corrected chi connectivity index (χ4v) is 2.19. The van der Waals surface area contributed by atoms with E-state index in [2.05, 4.69) is 16.5 Å². The summed E-state index contributed by atoms with van der Waals surface area (Å²) < 4.78 is 7.96. The van der Waals surface area contributed by atoms with Crippen LogP contribution in [0, 0.1) is 6.92 Å². The summed E-state index contributed by atoms with van der Waals surface area (Å²) in [6.07, 6.45) is 4.69. The van der Waals surface area contributed by atoms with E-state index in [4.69, 9.17) is 10.5 Å². The molecule has 0 radical (unpaired) electrons. The van der Waals surface area contributed by atoms with Crippen LogP contribution in [0.4, 0.5) is 0 Å². The van der Waals surface area contributed by atoms with Gasteiger partial charge in [0.2, 0.25) is 0 Å². The first-order valence-electron chi connectivity index (χ1n) is 6.99. The van der Waals surface area contributed by atoms with Crippen molar-refractivity contribution < 1.29 is 4.74 Å². The number of rotatable bonds is 6. The molecule has 0 bridgehead atoms. The first kappa shape index (κ1) is 14.6. The molecule has 1 aromatic carbocycles. The number of nitrogens with two attached hydrogens (primary N) is 1. The normalized spacial score (nSPS) is 14.0. The second-order valence-corrected chi connectivity index (χ2v) is 5.53. The molecule has 4 nitrogen and oxygen atoms in total. The number of nitrogens with zero attached hydrogens (tertiary/aromatic N) is 2. The van der Waals surface area contributed by atoms with Crippen LogP contribution in [0.2, 0.25) is 0 Å². The van der Waals surface area contributed by atoms with Gasteiger partial charge in [0.15, 0.2) is 0 Å². The molecule has 0 aliphatic carbocycles. The summed E-state index contributed by atoms with van der Waals surface area (Å²) in [4.78, 5) is 4.32. The van der Waals surface area contributed by atoms with Crippen molar-refractivity contribution in [2.24, 2.45) is 5.73 Å². The van der Waals surface area contributed by atoms with Gasteiger partial charge < -0.3 is 15.0 Å². The molecule has 0 amide bonds. The van der Waals surface area contributed by atoms with Crippen LogP contribution in [-0.4, -0.2) is 21.7 Å². The van der Waals surface area contributed by atoms with E-state index in [0.29, 0.717) is 13.2 Å². The zero-order chi connectivity index (χ0) is 14.6. The van der Waals surface area contributed by atoms with Gasteiger partial charge in [-0.15, -0.1) is 0 Å². The summed E-state index contributed by atoms with van der Waals surface area (Å²) in [7, 11) is 0. The Labute approximate surface area is 120 Å².